The monoisotopic (exact) mass is 356 g/mol. The van der Waals surface area contributed by atoms with E-state index in [9.17, 15) is 4.79 Å². The van der Waals surface area contributed by atoms with Gasteiger partial charge in [-0.25, -0.2) is 4.68 Å². The van der Waals surface area contributed by atoms with Gasteiger partial charge in [0.15, 0.2) is 0 Å². The summed E-state index contributed by atoms with van der Waals surface area (Å²) in [7, 11) is 2.01. The van der Waals surface area contributed by atoms with E-state index < -0.39 is 0 Å². The fourth-order valence-corrected chi connectivity index (χ4v) is 3.28. The Morgan fingerprint density at radius 1 is 1.08 bits per heavy atom. The maximum absolute atomic E-state index is 12.6. The number of para-hydroxylation sites is 1. The van der Waals surface area contributed by atoms with Gasteiger partial charge in [0.1, 0.15) is 0 Å². The summed E-state index contributed by atoms with van der Waals surface area (Å²) in [6, 6.07) is 10.2. The zero-order valence-electron chi connectivity index (χ0n) is 16.8. The third kappa shape index (κ3) is 4.94. The Morgan fingerprint density at radius 2 is 1.69 bits per heavy atom. The summed E-state index contributed by atoms with van der Waals surface area (Å²) in [4.78, 5) is 16.6. The molecule has 2 aromatic rings. The van der Waals surface area contributed by atoms with Crippen molar-refractivity contribution in [2.24, 2.45) is 0 Å². The molecule has 0 bridgehead atoms. The predicted octanol–water partition coefficient (Wildman–Crippen LogP) is 3.57. The van der Waals surface area contributed by atoms with Gasteiger partial charge in [0, 0.05) is 30.9 Å². The minimum absolute atomic E-state index is 0.210. The van der Waals surface area contributed by atoms with Crippen LogP contribution in [0.5, 0.6) is 0 Å². The number of carbonyl (C=O) groups is 1. The Hall–Kier alpha value is -2.14. The first-order valence-electron chi connectivity index (χ1n) is 9.54. The highest BCUT2D eigenvalue weighted by molar-refractivity contribution is 5.78. The molecule has 0 atom stereocenters. The van der Waals surface area contributed by atoms with Gasteiger partial charge in [-0.05, 0) is 45.9 Å². The Morgan fingerprint density at radius 3 is 2.27 bits per heavy atom. The molecule has 0 saturated carbocycles. The van der Waals surface area contributed by atoms with Crippen molar-refractivity contribution < 1.29 is 4.79 Å². The molecule has 1 aromatic heterocycles. The molecule has 0 N–H and O–H groups in total. The summed E-state index contributed by atoms with van der Waals surface area (Å²) in [6.45, 7) is 11.2. The Bertz CT molecular complexity index is 702. The Balaban J connectivity index is 2.08. The zero-order valence-corrected chi connectivity index (χ0v) is 16.8. The molecule has 0 aliphatic rings. The fourth-order valence-electron chi connectivity index (χ4n) is 3.28. The van der Waals surface area contributed by atoms with Crippen LogP contribution in [0.25, 0.3) is 5.69 Å². The molecular weight excluding hydrogens is 324 g/mol. The molecule has 0 saturated heterocycles. The van der Waals surface area contributed by atoms with Crippen LogP contribution in [0.3, 0.4) is 0 Å². The van der Waals surface area contributed by atoms with Gasteiger partial charge in [-0.15, -0.1) is 0 Å². The van der Waals surface area contributed by atoms with Gasteiger partial charge >= 0.3 is 0 Å². The van der Waals surface area contributed by atoms with E-state index in [1.807, 2.05) is 41.8 Å². The van der Waals surface area contributed by atoms with Crippen LogP contribution < -0.4 is 0 Å². The van der Waals surface area contributed by atoms with Crippen molar-refractivity contribution >= 4 is 5.91 Å². The van der Waals surface area contributed by atoms with Crippen LogP contribution in [-0.4, -0.2) is 52.2 Å². The number of rotatable bonds is 9. The van der Waals surface area contributed by atoms with E-state index in [0.29, 0.717) is 6.54 Å². The molecule has 5 nitrogen and oxygen atoms in total. The molecule has 0 radical (unpaired) electrons. The van der Waals surface area contributed by atoms with E-state index in [-0.39, 0.29) is 5.91 Å². The van der Waals surface area contributed by atoms with Crippen molar-refractivity contribution in [2.45, 2.75) is 47.1 Å². The number of hydrogen-bond acceptors (Lipinski definition) is 3. The Kier molecular flexibility index (Phi) is 7.39. The van der Waals surface area contributed by atoms with Crippen LogP contribution >= 0.6 is 0 Å². The molecule has 0 fully saturated rings. The Labute approximate surface area is 157 Å². The van der Waals surface area contributed by atoms with Gasteiger partial charge in [-0.1, -0.05) is 32.0 Å². The molecule has 0 aliphatic heterocycles. The molecule has 0 spiro atoms. The van der Waals surface area contributed by atoms with Crippen LogP contribution in [0.15, 0.2) is 30.3 Å². The fraction of sp³-hybridized carbons (Fsp3) is 0.524. The SMILES string of the molecule is CCCN(CCC)C(=O)CN(C)Cc1c(C)nn(-c2ccccc2)c1C. The number of carbonyl (C=O) groups excluding carboxylic acids is 1. The number of nitrogens with zero attached hydrogens (tertiary/aromatic N) is 4. The maximum Gasteiger partial charge on any atom is 0.236 e. The lowest BCUT2D eigenvalue weighted by atomic mass is 10.2. The highest BCUT2D eigenvalue weighted by Crippen LogP contribution is 2.19. The van der Waals surface area contributed by atoms with Crippen LogP contribution in [0.1, 0.15) is 43.6 Å². The first-order valence-corrected chi connectivity index (χ1v) is 9.54. The molecule has 0 aliphatic carbocycles. The first-order chi connectivity index (χ1) is 12.5. The second-order valence-corrected chi connectivity index (χ2v) is 6.95. The quantitative estimate of drug-likeness (QED) is 0.690. The van der Waals surface area contributed by atoms with E-state index in [1.165, 1.54) is 5.56 Å². The lowest BCUT2D eigenvalue weighted by molar-refractivity contribution is -0.132. The van der Waals surface area contributed by atoms with Crippen LogP contribution in [0, 0.1) is 13.8 Å². The van der Waals surface area contributed by atoms with E-state index in [4.69, 9.17) is 5.10 Å². The van der Waals surface area contributed by atoms with Crippen LogP contribution in [0.4, 0.5) is 0 Å². The normalized spacial score (nSPS) is 11.2. The van der Waals surface area contributed by atoms with Crippen molar-refractivity contribution in [3.8, 4) is 5.69 Å². The number of aryl methyl sites for hydroxylation is 1. The largest absolute Gasteiger partial charge is 0.342 e. The minimum atomic E-state index is 0.210. The van der Waals surface area contributed by atoms with Crippen molar-refractivity contribution in [3.63, 3.8) is 0 Å². The second kappa shape index (κ2) is 9.53. The van der Waals surface area contributed by atoms with Gasteiger partial charge in [0.2, 0.25) is 5.91 Å². The number of amides is 1. The summed E-state index contributed by atoms with van der Waals surface area (Å²) < 4.78 is 1.99. The average Bonchev–Trinajstić information content (AvgIpc) is 2.90. The van der Waals surface area contributed by atoms with Crippen molar-refractivity contribution in [1.29, 1.82) is 0 Å². The first kappa shape index (κ1) is 20.2. The molecule has 5 heteroatoms. The topological polar surface area (TPSA) is 41.4 Å². The summed E-state index contributed by atoms with van der Waals surface area (Å²) in [6.07, 6.45) is 2.00. The third-order valence-corrected chi connectivity index (χ3v) is 4.61. The molecule has 142 valence electrons. The number of likely N-dealkylation sites (N-methyl/N-ethyl adjacent to an activating group) is 1. The smallest absolute Gasteiger partial charge is 0.236 e. The lowest BCUT2D eigenvalue weighted by Crippen LogP contribution is -2.39. The van der Waals surface area contributed by atoms with Crippen molar-refractivity contribution in [2.75, 3.05) is 26.7 Å². The minimum Gasteiger partial charge on any atom is -0.342 e. The standard InChI is InChI=1S/C21H32N4O/c1-6-13-24(14-7-2)21(26)16-23(5)15-20-17(3)22-25(18(20)4)19-11-9-8-10-12-19/h8-12H,6-7,13-16H2,1-5H3. The maximum atomic E-state index is 12.6. The van der Waals surface area contributed by atoms with E-state index in [2.05, 4.69) is 37.8 Å². The molecule has 0 unspecified atom stereocenters. The van der Waals surface area contributed by atoms with Gasteiger partial charge in [0.25, 0.3) is 0 Å². The highest BCUT2D eigenvalue weighted by atomic mass is 16.2. The van der Waals surface area contributed by atoms with Gasteiger partial charge < -0.3 is 4.90 Å². The van der Waals surface area contributed by atoms with Gasteiger partial charge in [0.05, 0.1) is 17.9 Å². The number of hydrogen-bond donors (Lipinski definition) is 0. The molecule has 1 heterocycles. The van der Waals surface area contributed by atoms with E-state index in [0.717, 1.165) is 49.6 Å². The molecule has 1 aromatic carbocycles. The van der Waals surface area contributed by atoms with E-state index in [1.54, 1.807) is 0 Å². The third-order valence-electron chi connectivity index (χ3n) is 4.61. The van der Waals surface area contributed by atoms with Gasteiger partial charge in [-0.3, -0.25) is 9.69 Å². The molecule has 2 rings (SSSR count). The second-order valence-electron chi connectivity index (χ2n) is 6.95. The lowest BCUT2D eigenvalue weighted by Gasteiger charge is -2.25. The van der Waals surface area contributed by atoms with Crippen molar-refractivity contribution in [3.05, 3.63) is 47.3 Å². The zero-order chi connectivity index (χ0) is 19.1. The molecule has 26 heavy (non-hydrogen) atoms. The summed E-state index contributed by atoms with van der Waals surface area (Å²) in [5.41, 5.74) is 4.41. The summed E-state index contributed by atoms with van der Waals surface area (Å²) in [5.74, 6) is 0.210. The number of benzene rings is 1. The molecule has 1 amide bonds. The summed E-state index contributed by atoms with van der Waals surface area (Å²) in [5, 5.41) is 4.70. The van der Waals surface area contributed by atoms with Crippen molar-refractivity contribution in [1.82, 2.24) is 19.6 Å². The highest BCUT2D eigenvalue weighted by Gasteiger charge is 2.18. The predicted molar refractivity (Wildman–Crippen MR) is 107 cm³/mol. The van der Waals surface area contributed by atoms with Crippen LogP contribution in [0.2, 0.25) is 0 Å². The van der Waals surface area contributed by atoms with Crippen LogP contribution in [-0.2, 0) is 11.3 Å². The van der Waals surface area contributed by atoms with Gasteiger partial charge in [-0.2, -0.15) is 5.10 Å². The number of aromatic nitrogens is 2. The molecular formula is C21H32N4O. The summed E-state index contributed by atoms with van der Waals surface area (Å²) >= 11 is 0. The average molecular weight is 357 g/mol. The van der Waals surface area contributed by atoms with E-state index >= 15 is 0 Å².